The lowest BCUT2D eigenvalue weighted by Gasteiger charge is -2.37. The second kappa shape index (κ2) is 6.51. The van der Waals surface area contributed by atoms with Gasteiger partial charge in [0.15, 0.2) is 0 Å². The van der Waals surface area contributed by atoms with Gasteiger partial charge in [-0.25, -0.2) is 0 Å². The van der Waals surface area contributed by atoms with E-state index < -0.39 is 0 Å². The van der Waals surface area contributed by atoms with Gasteiger partial charge in [-0.1, -0.05) is 0 Å². The first-order chi connectivity index (χ1) is 9.28. The van der Waals surface area contributed by atoms with Crippen LogP contribution in [0.25, 0.3) is 0 Å². The molecule has 0 aromatic carbocycles. The zero-order valence-corrected chi connectivity index (χ0v) is 11.5. The molecule has 1 aliphatic carbocycles. The van der Waals surface area contributed by atoms with E-state index in [1.54, 1.807) is 0 Å². The van der Waals surface area contributed by atoms with Crippen LogP contribution in [0.5, 0.6) is 12.0 Å². The van der Waals surface area contributed by atoms with E-state index in [2.05, 4.69) is 19.9 Å². The largest absolute Gasteiger partial charge is 0.467 e. The van der Waals surface area contributed by atoms with Gasteiger partial charge in [-0.05, 0) is 32.2 Å². The van der Waals surface area contributed by atoms with Crippen LogP contribution in [0.15, 0.2) is 0 Å². The number of methoxy groups -OCH3 is 2. The van der Waals surface area contributed by atoms with Crippen molar-refractivity contribution < 1.29 is 9.47 Å². The Morgan fingerprint density at radius 2 is 1.79 bits per heavy atom. The zero-order valence-electron chi connectivity index (χ0n) is 11.5. The van der Waals surface area contributed by atoms with E-state index in [4.69, 9.17) is 15.2 Å². The molecule has 7 heteroatoms. The summed E-state index contributed by atoms with van der Waals surface area (Å²) in [5, 5.41) is 0. The van der Waals surface area contributed by atoms with Crippen LogP contribution in [-0.2, 0) is 0 Å². The number of ether oxygens (including phenoxy) is 2. The number of hydrogen-bond donors (Lipinski definition) is 1. The summed E-state index contributed by atoms with van der Waals surface area (Å²) in [6.45, 7) is 1.50. The number of hydrogen-bond acceptors (Lipinski definition) is 7. The summed E-state index contributed by atoms with van der Waals surface area (Å²) in [6, 6.07) is 1.04. The molecule has 0 radical (unpaired) electrons. The van der Waals surface area contributed by atoms with Crippen LogP contribution in [0, 0.1) is 0 Å². The van der Waals surface area contributed by atoms with E-state index in [1.807, 2.05) is 0 Å². The van der Waals surface area contributed by atoms with Crippen LogP contribution in [0.3, 0.4) is 0 Å². The van der Waals surface area contributed by atoms with E-state index in [9.17, 15) is 0 Å². The lowest BCUT2D eigenvalue weighted by atomic mass is 9.91. The monoisotopic (exact) mass is 267 g/mol. The number of aromatic nitrogens is 3. The predicted molar refractivity (Wildman–Crippen MR) is 71.6 cm³/mol. The molecule has 2 N–H and O–H groups in total. The minimum absolute atomic E-state index is 0.277. The van der Waals surface area contributed by atoms with Crippen molar-refractivity contribution in [3.63, 3.8) is 0 Å². The average Bonchev–Trinajstić information content (AvgIpc) is 2.40. The highest BCUT2D eigenvalue weighted by molar-refractivity contribution is 5.34. The van der Waals surface area contributed by atoms with Gasteiger partial charge in [-0.15, -0.1) is 4.98 Å². The van der Waals surface area contributed by atoms with E-state index in [-0.39, 0.29) is 12.0 Å². The van der Waals surface area contributed by atoms with Crippen LogP contribution >= 0.6 is 0 Å². The molecule has 1 aromatic rings. The number of nitrogens with zero attached hydrogens (tertiary/aromatic N) is 4. The first-order valence-electron chi connectivity index (χ1n) is 6.59. The first-order valence-corrected chi connectivity index (χ1v) is 6.59. The maximum Gasteiger partial charge on any atom is 0.324 e. The Morgan fingerprint density at radius 3 is 2.21 bits per heavy atom. The second-order valence-corrected chi connectivity index (χ2v) is 4.53. The summed E-state index contributed by atoms with van der Waals surface area (Å²) in [5.41, 5.74) is 5.60. The molecule has 1 fully saturated rings. The van der Waals surface area contributed by atoms with Gasteiger partial charge in [-0.3, -0.25) is 0 Å². The third-order valence-electron chi connectivity index (χ3n) is 3.32. The molecule has 0 bridgehead atoms. The summed E-state index contributed by atoms with van der Waals surface area (Å²) in [4.78, 5) is 14.8. The third kappa shape index (κ3) is 3.23. The minimum atomic E-state index is 0.277. The normalized spacial score (nSPS) is 14.9. The molecule has 19 heavy (non-hydrogen) atoms. The highest BCUT2D eigenvalue weighted by Crippen LogP contribution is 2.29. The van der Waals surface area contributed by atoms with Gasteiger partial charge >= 0.3 is 12.0 Å². The number of nitrogens with two attached hydrogens (primary N) is 1. The Kier molecular flexibility index (Phi) is 4.73. The maximum atomic E-state index is 5.60. The van der Waals surface area contributed by atoms with Crippen molar-refractivity contribution in [3.05, 3.63) is 0 Å². The third-order valence-corrected chi connectivity index (χ3v) is 3.32. The lowest BCUT2D eigenvalue weighted by Crippen LogP contribution is -2.42. The van der Waals surface area contributed by atoms with Gasteiger partial charge in [-0.2, -0.15) is 9.97 Å². The van der Waals surface area contributed by atoms with Crippen LogP contribution < -0.4 is 20.1 Å². The van der Waals surface area contributed by atoms with Crippen molar-refractivity contribution in [1.29, 1.82) is 0 Å². The molecular weight excluding hydrogens is 246 g/mol. The molecule has 1 heterocycles. The smallest absolute Gasteiger partial charge is 0.324 e. The Morgan fingerprint density at radius 1 is 1.16 bits per heavy atom. The molecule has 0 unspecified atom stereocenters. The quantitative estimate of drug-likeness (QED) is 0.774. The fourth-order valence-electron chi connectivity index (χ4n) is 2.04. The molecule has 0 spiro atoms. The van der Waals surface area contributed by atoms with Crippen molar-refractivity contribution in [2.45, 2.75) is 31.7 Å². The highest BCUT2D eigenvalue weighted by atomic mass is 16.5. The molecule has 0 amide bonds. The van der Waals surface area contributed by atoms with Crippen molar-refractivity contribution in [2.24, 2.45) is 5.73 Å². The molecule has 0 atom stereocenters. The van der Waals surface area contributed by atoms with Crippen LogP contribution in [0.1, 0.15) is 25.7 Å². The van der Waals surface area contributed by atoms with E-state index in [0.29, 0.717) is 18.5 Å². The summed E-state index contributed by atoms with van der Waals surface area (Å²) in [7, 11) is 3.07. The topological polar surface area (TPSA) is 86.4 Å². The zero-order chi connectivity index (χ0) is 13.7. The van der Waals surface area contributed by atoms with Crippen molar-refractivity contribution in [3.8, 4) is 12.0 Å². The van der Waals surface area contributed by atoms with Gasteiger partial charge in [0.25, 0.3) is 0 Å². The van der Waals surface area contributed by atoms with Gasteiger partial charge in [0.1, 0.15) is 0 Å². The predicted octanol–water partition coefficient (Wildman–Crippen LogP) is 0.597. The average molecular weight is 267 g/mol. The minimum Gasteiger partial charge on any atom is -0.467 e. The first kappa shape index (κ1) is 13.8. The summed E-state index contributed by atoms with van der Waals surface area (Å²) < 4.78 is 10.2. The molecular formula is C12H21N5O2. The lowest BCUT2D eigenvalue weighted by molar-refractivity contribution is 0.333. The highest BCUT2D eigenvalue weighted by Gasteiger charge is 2.27. The molecule has 1 saturated carbocycles. The van der Waals surface area contributed by atoms with Crippen LogP contribution in [-0.4, -0.2) is 48.3 Å². The standard InChI is InChI=1S/C12H21N5O2/c1-18-11-14-10(15-12(16-11)19-2)17(8-4-7-13)9-5-3-6-9/h9H,3-8,13H2,1-2H3. The molecule has 2 rings (SSSR count). The molecule has 0 aliphatic heterocycles. The van der Waals surface area contributed by atoms with Crippen molar-refractivity contribution in [2.75, 3.05) is 32.2 Å². The van der Waals surface area contributed by atoms with Gasteiger partial charge in [0, 0.05) is 12.6 Å². The molecule has 106 valence electrons. The summed E-state index contributed by atoms with van der Waals surface area (Å²) in [6.07, 6.45) is 4.50. The van der Waals surface area contributed by atoms with E-state index in [1.165, 1.54) is 33.5 Å². The molecule has 7 nitrogen and oxygen atoms in total. The summed E-state index contributed by atoms with van der Waals surface area (Å²) in [5.74, 6) is 0.613. The van der Waals surface area contributed by atoms with E-state index in [0.717, 1.165) is 13.0 Å². The fraction of sp³-hybridized carbons (Fsp3) is 0.750. The van der Waals surface area contributed by atoms with Gasteiger partial charge in [0.2, 0.25) is 5.95 Å². The Bertz CT molecular complexity index is 389. The number of anilines is 1. The van der Waals surface area contributed by atoms with E-state index >= 15 is 0 Å². The Balaban J connectivity index is 2.23. The fourth-order valence-corrected chi connectivity index (χ4v) is 2.04. The van der Waals surface area contributed by atoms with Crippen LogP contribution in [0.2, 0.25) is 0 Å². The molecule has 1 aliphatic rings. The van der Waals surface area contributed by atoms with Crippen molar-refractivity contribution >= 4 is 5.95 Å². The van der Waals surface area contributed by atoms with Crippen molar-refractivity contribution in [1.82, 2.24) is 15.0 Å². The van der Waals surface area contributed by atoms with Gasteiger partial charge in [0.05, 0.1) is 14.2 Å². The van der Waals surface area contributed by atoms with Crippen LogP contribution in [0.4, 0.5) is 5.95 Å². The van der Waals surface area contributed by atoms with Gasteiger partial charge < -0.3 is 20.1 Å². The Hall–Kier alpha value is -1.63. The number of rotatable bonds is 7. The second-order valence-electron chi connectivity index (χ2n) is 4.53. The maximum absolute atomic E-state index is 5.60. The SMILES string of the molecule is COc1nc(OC)nc(N(CCCN)C2CCC2)n1. The summed E-state index contributed by atoms with van der Waals surface area (Å²) >= 11 is 0. The Labute approximate surface area is 113 Å². The molecule has 1 aromatic heterocycles. The molecule has 0 saturated heterocycles.